The number of anilines is 1. The number of halogens is 1. The predicted octanol–water partition coefficient (Wildman–Crippen LogP) is 1.34. The van der Waals surface area contributed by atoms with Crippen LogP contribution in [0.15, 0.2) is 24.3 Å². The van der Waals surface area contributed by atoms with Gasteiger partial charge in [0.25, 0.3) is 5.91 Å². The van der Waals surface area contributed by atoms with E-state index in [9.17, 15) is 18.8 Å². The van der Waals surface area contributed by atoms with Gasteiger partial charge < -0.3 is 10.6 Å². The van der Waals surface area contributed by atoms with E-state index in [2.05, 4.69) is 10.6 Å². The smallest absolute Gasteiger partial charge is 0.325 e. The van der Waals surface area contributed by atoms with Crippen LogP contribution in [0, 0.1) is 11.7 Å². The summed E-state index contributed by atoms with van der Waals surface area (Å²) in [5.74, 6) is -1.53. The number of nitrogens with zero attached hydrogens (tertiary/aromatic N) is 1. The van der Waals surface area contributed by atoms with Gasteiger partial charge in [-0.3, -0.25) is 14.5 Å². The minimum atomic E-state index is -0.612. The minimum Gasteiger partial charge on any atom is -0.326 e. The molecule has 2 N–H and O–H groups in total. The second kappa shape index (κ2) is 5.90. The van der Waals surface area contributed by atoms with Gasteiger partial charge in [0.15, 0.2) is 0 Å². The van der Waals surface area contributed by atoms with Crippen LogP contribution in [0.2, 0.25) is 0 Å². The number of imide groups is 1. The van der Waals surface area contributed by atoms with Crippen molar-refractivity contribution in [1.29, 1.82) is 0 Å². The first kappa shape index (κ1) is 15.0. The lowest BCUT2D eigenvalue weighted by atomic mass is 10.1. The SMILES string of the molecule is CC(C)[C@H]1NC(=O)N(CC(=O)Nc2cccc(F)c2)C1=O. The molecular weight excluding hydrogens is 277 g/mol. The molecule has 0 radical (unpaired) electrons. The van der Waals surface area contributed by atoms with Crippen LogP contribution >= 0.6 is 0 Å². The van der Waals surface area contributed by atoms with E-state index in [1.807, 2.05) is 0 Å². The van der Waals surface area contributed by atoms with Crippen molar-refractivity contribution in [3.63, 3.8) is 0 Å². The fourth-order valence-electron chi connectivity index (χ4n) is 2.05. The Morgan fingerprint density at radius 2 is 2.14 bits per heavy atom. The maximum Gasteiger partial charge on any atom is 0.325 e. The van der Waals surface area contributed by atoms with E-state index in [0.717, 1.165) is 11.0 Å². The van der Waals surface area contributed by atoms with Crippen LogP contribution in [0.4, 0.5) is 14.9 Å². The number of urea groups is 1. The number of rotatable bonds is 4. The highest BCUT2D eigenvalue weighted by Crippen LogP contribution is 2.14. The van der Waals surface area contributed by atoms with Gasteiger partial charge in [0, 0.05) is 5.69 Å². The Hall–Kier alpha value is -2.44. The monoisotopic (exact) mass is 293 g/mol. The zero-order chi connectivity index (χ0) is 15.6. The van der Waals surface area contributed by atoms with E-state index >= 15 is 0 Å². The zero-order valence-corrected chi connectivity index (χ0v) is 11.7. The number of carbonyl (C=O) groups is 3. The molecule has 0 spiro atoms. The van der Waals surface area contributed by atoms with Gasteiger partial charge in [-0.15, -0.1) is 0 Å². The fraction of sp³-hybridized carbons (Fsp3) is 0.357. The molecule has 0 bridgehead atoms. The first-order valence-electron chi connectivity index (χ1n) is 6.56. The van der Waals surface area contributed by atoms with Crippen molar-refractivity contribution in [3.8, 4) is 0 Å². The van der Waals surface area contributed by atoms with Gasteiger partial charge in [0.2, 0.25) is 5.91 Å². The molecule has 4 amide bonds. The van der Waals surface area contributed by atoms with Crippen molar-refractivity contribution >= 4 is 23.5 Å². The maximum atomic E-state index is 13.0. The van der Waals surface area contributed by atoms with Crippen molar-refractivity contribution in [2.45, 2.75) is 19.9 Å². The number of benzene rings is 1. The average molecular weight is 293 g/mol. The predicted molar refractivity (Wildman–Crippen MR) is 73.9 cm³/mol. The Morgan fingerprint density at radius 1 is 1.43 bits per heavy atom. The molecule has 0 unspecified atom stereocenters. The van der Waals surface area contributed by atoms with Crippen LogP contribution < -0.4 is 10.6 Å². The van der Waals surface area contributed by atoms with Crippen molar-refractivity contribution in [1.82, 2.24) is 10.2 Å². The molecule has 1 aromatic carbocycles. The lowest BCUT2D eigenvalue weighted by Crippen LogP contribution is -2.39. The summed E-state index contributed by atoms with van der Waals surface area (Å²) in [5.41, 5.74) is 0.271. The van der Waals surface area contributed by atoms with E-state index in [4.69, 9.17) is 0 Å². The normalized spacial score (nSPS) is 18.1. The highest BCUT2D eigenvalue weighted by molar-refractivity contribution is 6.08. The second-order valence-electron chi connectivity index (χ2n) is 5.15. The number of carbonyl (C=O) groups excluding carboxylic acids is 3. The summed E-state index contributed by atoms with van der Waals surface area (Å²) in [7, 11) is 0. The van der Waals surface area contributed by atoms with Gasteiger partial charge in [-0.2, -0.15) is 0 Å². The van der Waals surface area contributed by atoms with Crippen LogP contribution in [-0.4, -0.2) is 35.3 Å². The Morgan fingerprint density at radius 3 is 2.71 bits per heavy atom. The first-order valence-corrected chi connectivity index (χ1v) is 6.56. The molecule has 0 aromatic heterocycles. The molecule has 0 aliphatic carbocycles. The summed E-state index contributed by atoms with van der Waals surface area (Å²) in [6, 6.07) is 4.17. The third kappa shape index (κ3) is 3.36. The first-order chi connectivity index (χ1) is 9.88. The van der Waals surface area contributed by atoms with Gasteiger partial charge in [-0.1, -0.05) is 19.9 Å². The van der Waals surface area contributed by atoms with E-state index in [1.54, 1.807) is 13.8 Å². The van der Waals surface area contributed by atoms with Crippen molar-refractivity contribution < 1.29 is 18.8 Å². The Kier molecular flexibility index (Phi) is 4.21. The molecule has 7 heteroatoms. The second-order valence-corrected chi connectivity index (χ2v) is 5.15. The molecule has 1 aliphatic rings. The maximum absolute atomic E-state index is 13.0. The molecule has 112 valence electrons. The van der Waals surface area contributed by atoms with Gasteiger partial charge in [-0.25, -0.2) is 9.18 Å². The van der Waals surface area contributed by atoms with Crippen molar-refractivity contribution in [2.24, 2.45) is 5.92 Å². The van der Waals surface area contributed by atoms with Gasteiger partial charge in [-0.05, 0) is 24.1 Å². The molecule has 2 rings (SSSR count). The van der Waals surface area contributed by atoms with Crippen LogP contribution in [0.1, 0.15) is 13.8 Å². The minimum absolute atomic E-state index is 0.0577. The van der Waals surface area contributed by atoms with Gasteiger partial charge in [0.05, 0.1) is 0 Å². The highest BCUT2D eigenvalue weighted by atomic mass is 19.1. The van der Waals surface area contributed by atoms with E-state index in [0.29, 0.717) is 0 Å². The van der Waals surface area contributed by atoms with Crippen LogP contribution in [0.3, 0.4) is 0 Å². The van der Waals surface area contributed by atoms with Crippen molar-refractivity contribution in [3.05, 3.63) is 30.1 Å². The number of hydrogen-bond donors (Lipinski definition) is 2. The van der Waals surface area contributed by atoms with E-state index in [1.165, 1.54) is 18.2 Å². The molecule has 1 aliphatic heterocycles. The molecule has 1 atom stereocenters. The fourth-order valence-corrected chi connectivity index (χ4v) is 2.05. The van der Waals surface area contributed by atoms with E-state index < -0.39 is 36.2 Å². The zero-order valence-electron chi connectivity index (χ0n) is 11.7. The number of amides is 4. The summed E-state index contributed by atoms with van der Waals surface area (Å²) in [4.78, 5) is 36.4. The largest absolute Gasteiger partial charge is 0.326 e. The molecule has 6 nitrogen and oxygen atoms in total. The highest BCUT2D eigenvalue weighted by Gasteiger charge is 2.40. The standard InChI is InChI=1S/C14H16FN3O3/c1-8(2)12-13(20)18(14(21)17-12)7-11(19)16-10-5-3-4-9(15)6-10/h3-6,8,12H,7H2,1-2H3,(H,16,19)(H,17,21)/t12-/m1/s1. The molecule has 1 saturated heterocycles. The number of nitrogens with one attached hydrogen (secondary N) is 2. The molecule has 0 saturated carbocycles. The summed E-state index contributed by atoms with van der Waals surface area (Å²) in [6.07, 6.45) is 0. The third-order valence-electron chi connectivity index (χ3n) is 3.13. The van der Waals surface area contributed by atoms with Crippen molar-refractivity contribution in [2.75, 3.05) is 11.9 Å². The van der Waals surface area contributed by atoms with Crippen LogP contribution in [-0.2, 0) is 9.59 Å². The molecule has 21 heavy (non-hydrogen) atoms. The molecule has 1 heterocycles. The summed E-state index contributed by atoms with van der Waals surface area (Å²) >= 11 is 0. The Balaban J connectivity index is 2.00. The third-order valence-corrected chi connectivity index (χ3v) is 3.13. The molecule has 1 fully saturated rings. The quantitative estimate of drug-likeness (QED) is 0.822. The summed E-state index contributed by atoms with van der Waals surface area (Å²) in [6.45, 7) is 3.21. The lowest BCUT2D eigenvalue weighted by Gasteiger charge is -2.14. The van der Waals surface area contributed by atoms with Crippen LogP contribution in [0.5, 0.6) is 0 Å². The van der Waals surface area contributed by atoms with Gasteiger partial charge in [0.1, 0.15) is 18.4 Å². The topological polar surface area (TPSA) is 78.5 Å². The van der Waals surface area contributed by atoms with Crippen LogP contribution in [0.25, 0.3) is 0 Å². The Labute approximate surface area is 121 Å². The molecule has 1 aromatic rings. The average Bonchev–Trinajstić information content (AvgIpc) is 2.67. The van der Waals surface area contributed by atoms with Gasteiger partial charge >= 0.3 is 6.03 Å². The Bertz CT molecular complexity index is 589. The molecular formula is C14H16FN3O3. The van der Waals surface area contributed by atoms with E-state index in [-0.39, 0.29) is 11.6 Å². The summed E-state index contributed by atoms with van der Waals surface area (Å²) < 4.78 is 13.0. The summed E-state index contributed by atoms with van der Waals surface area (Å²) in [5, 5.41) is 4.97. The lowest BCUT2D eigenvalue weighted by molar-refractivity contribution is -0.131. The number of hydrogen-bond acceptors (Lipinski definition) is 3.